The Kier molecular flexibility index (Phi) is 5.89. The van der Waals surface area contributed by atoms with Gasteiger partial charge in [0.05, 0.1) is 18.7 Å². The summed E-state index contributed by atoms with van der Waals surface area (Å²) in [6.07, 6.45) is 0. The first-order valence-electron chi connectivity index (χ1n) is 9.20. The zero-order valence-electron chi connectivity index (χ0n) is 16.6. The summed E-state index contributed by atoms with van der Waals surface area (Å²) in [6, 6.07) is 12.5. The van der Waals surface area contributed by atoms with Crippen LogP contribution in [0.5, 0.6) is 11.5 Å². The standard InChI is InChI=1S/C22H24N2O5/c1-23(2)11-12-24-19(15-9-10-17(29-3)16(25)13-15)18(21(27)22(24)28)20(26)14-7-5-4-6-8-14/h4-10,13,19,25-26H,11-12H2,1-3H3/b20-18-. The van der Waals surface area contributed by atoms with Crippen molar-refractivity contribution in [2.24, 2.45) is 0 Å². The van der Waals surface area contributed by atoms with Crippen molar-refractivity contribution in [2.45, 2.75) is 6.04 Å². The number of carbonyl (C=O) groups excluding carboxylic acids is 2. The molecule has 29 heavy (non-hydrogen) atoms. The van der Waals surface area contributed by atoms with Gasteiger partial charge in [-0.1, -0.05) is 36.4 Å². The van der Waals surface area contributed by atoms with Crippen LogP contribution < -0.4 is 4.74 Å². The number of aliphatic hydroxyl groups is 1. The smallest absolute Gasteiger partial charge is 0.295 e. The number of likely N-dealkylation sites (tertiary alicyclic amines) is 1. The molecule has 1 heterocycles. The van der Waals surface area contributed by atoms with Gasteiger partial charge in [-0.3, -0.25) is 9.59 Å². The molecule has 3 rings (SSSR count). The monoisotopic (exact) mass is 396 g/mol. The van der Waals surface area contributed by atoms with Crippen LogP contribution in [-0.2, 0) is 9.59 Å². The van der Waals surface area contributed by atoms with Crippen LogP contribution in [-0.4, -0.2) is 66.0 Å². The second-order valence-electron chi connectivity index (χ2n) is 7.09. The van der Waals surface area contributed by atoms with Gasteiger partial charge in [-0.15, -0.1) is 0 Å². The van der Waals surface area contributed by atoms with Crippen LogP contribution in [0.15, 0.2) is 54.1 Å². The highest BCUT2D eigenvalue weighted by atomic mass is 16.5. The van der Waals surface area contributed by atoms with Crippen molar-refractivity contribution in [3.63, 3.8) is 0 Å². The molecule has 0 saturated carbocycles. The van der Waals surface area contributed by atoms with Gasteiger partial charge in [0.2, 0.25) is 0 Å². The lowest BCUT2D eigenvalue weighted by Gasteiger charge is -2.26. The predicted octanol–water partition coefficient (Wildman–Crippen LogP) is 2.38. The molecular weight excluding hydrogens is 372 g/mol. The molecule has 1 unspecified atom stereocenters. The number of amides is 1. The van der Waals surface area contributed by atoms with Crippen LogP contribution >= 0.6 is 0 Å². The number of ketones is 1. The zero-order valence-corrected chi connectivity index (χ0v) is 16.6. The van der Waals surface area contributed by atoms with Gasteiger partial charge >= 0.3 is 0 Å². The maximum Gasteiger partial charge on any atom is 0.295 e. The van der Waals surface area contributed by atoms with Crippen LogP contribution in [0.2, 0.25) is 0 Å². The first-order valence-corrected chi connectivity index (χ1v) is 9.20. The molecule has 2 aromatic rings. The Bertz CT molecular complexity index is 953. The molecule has 0 spiro atoms. The van der Waals surface area contributed by atoms with Crippen molar-refractivity contribution in [1.29, 1.82) is 0 Å². The van der Waals surface area contributed by atoms with Crippen molar-refractivity contribution < 1.29 is 24.5 Å². The van der Waals surface area contributed by atoms with Gasteiger partial charge in [0.15, 0.2) is 11.5 Å². The molecule has 1 atom stereocenters. The van der Waals surface area contributed by atoms with Gasteiger partial charge in [0.1, 0.15) is 5.76 Å². The Morgan fingerprint density at radius 1 is 1.14 bits per heavy atom. The fourth-order valence-corrected chi connectivity index (χ4v) is 3.39. The fraction of sp³-hybridized carbons (Fsp3) is 0.273. The molecular formula is C22H24N2O5. The van der Waals surface area contributed by atoms with Gasteiger partial charge in [-0.25, -0.2) is 0 Å². The Labute approximate surface area is 169 Å². The summed E-state index contributed by atoms with van der Waals surface area (Å²) in [5.74, 6) is -1.49. The summed E-state index contributed by atoms with van der Waals surface area (Å²) in [4.78, 5) is 29.0. The molecule has 1 fully saturated rings. The minimum Gasteiger partial charge on any atom is -0.507 e. The Morgan fingerprint density at radius 2 is 1.83 bits per heavy atom. The van der Waals surface area contributed by atoms with Crippen molar-refractivity contribution >= 4 is 17.4 Å². The van der Waals surface area contributed by atoms with Crippen molar-refractivity contribution in [3.8, 4) is 11.5 Å². The number of phenolic OH excluding ortho intramolecular Hbond substituents is 1. The molecule has 0 aromatic heterocycles. The number of nitrogens with zero attached hydrogens (tertiary/aromatic N) is 2. The van der Waals surface area contributed by atoms with Crippen molar-refractivity contribution in [1.82, 2.24) is 9.80 Å². The highest BCUT2D eigenvalue weighted by Gasteiger charge is 2.46. The highest BCUT2D eigenvalue weighted by Crippen LogP contribution is 2.41. The second-order valence-corrected chi connectivity index (χ2v) is 7.09. The Balaban J connectivity index is 2.16. The van der Waals surface area contributed by atoms with Crippen molar-refractivity contribution in [2.75, 3.05) is 34.3 Å². The van der Waals surface area contributed by atoms with Crippen LogP contribution in [0, 0.1) is 0 Å². The number of carbonyl (C=O) groups is 2. The van der Waals surface area contributed by atoms with E-state index in [-0.39, 0.29) is 22.8 Å². The first-order chi connectivity index (χ1) is 13.8. The van der Waals surface area contributed by atoms with E-state index in [2.05, 4.69) is 0 Å². The molecule has 152 valence electrons. The van der Waals surface area contributed by atoms with E-state index in [1.54, 1.807) is 42.5 Å². The number of likely N-dealkylation sites (N-methyl/N-ethyl adjacent to an activating group) is 1. The topological polar surface area (TPSA) is 90.3 Å². The van der Waals surface area contributed by atoms with Gasteiger partial charge in [-0.2, -0.15) is 0 Å². The van der Waals surface area contributed by atoms with E-state index in [0.717, 1.165) is 0 Å². The largest absolute Gasteiger partial charge is 0.507 e. The van der Waals surface area contributed by atoms with E-state index in [1.807, 2.05) is 19.0 Å². The van der Waals surface area contributed by atoms with E-state index >= 15 is 0 Å². The molecule has 0 radical (unpaired) electrons. The van der Waals surface area contributed by atoms with Crippen molar-refractivity contribution in [3.05, 3.63) is 65.2 Å². The number of aromatic hydroxyl groups is 1. The third kappa shape index (κ3) is 3.95. The van der Waals surface area contributed by atoms with E-state index in [0.29, 0.717) is 24.2 Å². The minimum absolute atomic E-state index is 0.00419. The van der Waals surface area contributed by atoms with E-state index < -0.39 is 17.7 Å². The van der Waals surface area contributed by atoms with Crippen LogP contribution in [0.25, 0.3) is 5.76 Å². The Morgan fingerprint density at radius 3 is 2.41 bits per heavy atom. The minimum atomic E-state index is -0.813. The molecule has 1 aliphatic heterocycles. The first kappa shape index (κ1) is 20.4. The number of benzene rings is 2. The molecule has 2 N–H and O–H groups in total. The summed E-state index contributed by atoms with van der Waals surface area (Å²) >= 11 is 0. The van der Waals surface area contributed by atoms with Crippen LogP contribution in [0.3, 0.4) is 0 Å². The third-order valence-electron chi connectivity index (χ3n) is 4.89. The maximum absolute atomic E-state index is 12.9. The van der Waals surface area contributed by atoms with E-state index in [4.69, 9.17) is 4.74 Å². The summed E-state index contributed by atoms with van der Waals surface area (Å²) in [5, 5.41) is 21.1. The van der Waals surface area contributed by atoms with Crippen LogP contribution in [0.4, 0.5) is 0 Å². The lowest BCUT2D eigenvalue weighted by Crippen LogP contribution is -2.35. The molecule has 2 aromatic carbocycles. The number of Topliss-reactive ketones (excluding diaryl/α,β-unsaturated/α-hetero) is 1. The molecule has 1 aliphatic rings. The van der Waals surface area contributed by atoms with E-state index in [1.165, 1.54) is 18.1 Å². The number of hydrogen-bond donors (Lipinski definition) is 2. The molecule has 0 bridgehead atoms. The predicted molar refractivity (Wildman–Crippen MR) is 109 cm³/mol. The fourth-order valence-electron chi connectivity index (χ4n) is 3.39. The van der Waals surface area contributed by atoms with Crippen LogP contribution in [0.1, 0.15) is 17.2 Å². The van der Waals surface area contributed by atoms with Gasteiger partial charge < -0.3 is 24.7 Å². The molecule has 1 amide bonds. The third-order valence-corrected chi connectivity index (χ3v) is 4.89. The summed E-state index contributed by atoms with van der Waals surface area (Å²) in [5.41, 5.74) is 0.962. The maximum atomic E-state index is 12.9. The van der Waals surface area contributed by atoms with Gasteiger partial charge in [-0.05, 0) is 31.8 Å². The summed E-state index contributed by atoms with van der Waals surface area (Å²) in [7, 11) is 5.18. The van der Waals surface area contributed by atoms with Gasteiger partial charge in [0, 0.05) is 18.7 Å². The average Bonchev–Trinajstić information content (AvgIpc) is 2.97. The number of phenols is 1. The number of ether oxygens (including phenoxy) is 1. The zero-order chi connectivity index (χ0) is 21.1. The molecule has 7 nitrogen and oxygen atoms in total. The number of hydrogen-bond acceptors (Lipinski definition) is 6. The normalized spacial score (nSPS) is 18.5. The number of aliphatic hydroxyl groups excluding tert-OH is 1. The molecule has 0 aliphatic carbocycles. The lowest BCUT2D eigenvalue weighted by atomic mass is 9.95. The second kappa shape index (κ2) is 8.36. The number of rotatable bonds is 6. The molecule has 7 heteroatoms. The SMILES string of the molecule is COc1ccc(C2/C(=C(/O)c3ccccc3)C(=O)C(=O)N2CCN(C)C)cc1O. The summed E-state index contributed by atoms with van der Waals surface area (Å²) < 4.78 is 5.09. The number of methoxy groups -OCH3 is 1. The van der Waals surface area contributed by atoms with Gasteiger partial charge in [0.25, 0.3) is 11.7 Å². The quantitative estimate of drug-likeness (QED) is 0.443. The Hall–Kier alpha value is -3.32. The lowest BCUT2D eigenvalue weighted by molar-refractivity contribution is -0.140. The average molecular weight is 396 g/mol. The summed E-state index contributed by atoms with van der Waals surface area (Å²) in [6.45, 7) is 0.831. The van der Waals surface area contributed by atoms with E-state index in [9.17, 15) is 19.8 Å². The highest BCUT2D eigenvalue weighted by molar-refractivity contribution is 6.46. The molecule has 1 saturated heterocycles.